The molecular formula is C16H32N2. The summed E-state index contributed by atoms with van der Waals surface area (Å²) in [4.78, 5) is 2.69. The Morgan fingerprint density at radius 3 is 2.56 bits per heavy atom. The number of rotatable bonds is 6. The van der Waals surface area contributed by atoms with E-state index in [1.165, 1.54) is 71.0 Å². The van der Waals surface area contributed by atoms with E-state index in [0.29, 0.717) is 0 Å². The molecule has 0 bridgehead atoms. The molecule has 2 rings (SSSR count). The molecule has 0 aromatic rings. The van der Waals surface area contributed by atoms with Crippen molar-refractivity contribution < 1.29 is 0 Å². The summed E-state index contributed by atoms with van der Waals surface area (Å²) in [6, 6.07) is 1.57. The highest BCUT2D eigenvalue weighted by Crippen LogP contribution is 2.27. The van der Waals surface area contributed by atoms with E-state index in [1.807, 2.05) is 0 Å². The van der Waals surface area contributed by atoms with Crippen LogP contribution in [0.25, 0.3) is 0 Å². The largest absolute Gasteiger partial charge is 0.314 e. The predicted octanol–water partition coefficient (Wildman–Crippen LogP) is 3.42. The fourth-order valence-electron chi connectivity index (χ4n) is 3.73. The Morgan fingerprint density at radius 1 is 1.11 bits per heavy atom. The Labute approximate surface area is 114 Å². The topological polar surface area (TPSA) is 15.3 Å². The fraction of sp³-hybridized carbons (Fsp3) is 1.00. The van der Waals surface area contributed by atoms with E-state index in [0.717, 1.165) is 18.0 Å². The molecule has 1 aliphatic heterocycles. The van der Waals surface area contributed by atoms with Gasteiger partial charge in [0.25, 0.3) is 0 Å². The van der Waals surface area contributed by atoms with Gasteiger partial charge in [-0.25, -0.2) is 0 Å². The lowest BCUT2D eigenvalue weighted by Gasteiger charge is -2.33. The lowest BCUT2D eigenvalue weighted by Crippen LogP contribution is -2.40. The van der Waals surface area contributed by atoms with Crippen LogP contribution in [0.15, 0.2) is 0 Å². The number of nitrogens with one attached hydrogen (secondary N) is 1. The number of piperidine rings is 1. The van der Waals surface area contributed by atoms with Crippen molar-refractivity contribution in [1.29, 1.82) is 0 Å². The maximum absolute atomic E-state index is 3.75. The summed E-state index contributed by atoms with van der Waals surface area (Å²) in [5.41, 5.74) is 0. The van der Waals surface area contributed by atoms with Gasteiger partial charge in [-0.1, -0.05) is 19.3 Å². The highest BCUT2D eigenvalue weighted by molar-refractivity contribution is 4.78. The second-order valence-electron chi connectivity index (χ2n) is 6.52. The summed E-state index contributed by atoms with van der Waals surface area (Å²) in [6.45, 7) is 8.62. The average molecular weight is 252 g/mol. The third-order valence-corrected chi connectivity index (χ3v) is 5.14. The summed E-state index contributed by atoms with van der Waals surface area (Å²) in [5, 5.41) is 3.75. The minimum absolute atomic E-state index is 0.742. The SMILES string of the molecule is CC(NCCCN1CCCCC1C)C1CCCC1. The molecule has 0 spiro atoms. The van der Waals surface area contributed by atoms with Crippen LogP contribution in [0.2, 0.25) is 0 Å². The van der Waals surface area contributed by atoms with Gasteiger partial charge in [0, 0.05) is 12.1 Å². The van der Waals surface area contributed by atoms with Gasteiger partial charge in [0.2, 0.25) is 0 Å². The number of hydrogen-bond donors (Lipinski definition) is 1. The Kier molecular flexibility index (Phi) is 5.97. The monoisotopic (exact) mass is 252 g/mol. The minimum atomic E-state index is 0.742. The Bertz CT molecular complexity index is 223. The molecule has 106 valence electrons. The molecular weight excluding hydrogens is 220 g/mol. The van der Waals surface area contributed by atoms with E-state index >= 15 is 0 Å². The van der Waals surface area contributed by atoms with Gasteiger partial charge < -0.3 is 10.2 Å². The number of hydrogen-bond acceptors (Lipinski definition) is 2. The maximum Gasteiger partial charge on any atom is 0.00670 e. The van der Waals surface area contributed by atoms with Crippen LogP contribution in [-0.4, -0.2) is 36.6 Å². The molecule has 0 radical (unpaired) electrons. The molecule has 1 heterocycles. The molecule has 1 saturated heterocycles. The molecule has 1 N–H and O–H groups in total. The Balaban J connectivity index is 1.54. The smallest absolute Gasteiger partial charge is 0.00670 e. The van der Waals surface area contributed by atoms with E-state index in [9.17, 15) is 0 Å². The first-order chi connectivity index (χ1) is 8.77. The molecule has 2 atom stereocenters. The van der Waals surface area contributed by atoms with Gasteiger partial charge in [0.15, 0.2) is 0 Å². The van der Waals surface area contributed by atoms with Crippen LogP contribution in [0.3, 0.4) is 0 Å². The number of likely N-dealkylation sites (tertiary alicyclic amines) is 1. The molecule has 0 amide bonds. The second-order valence-corrected chi connectivity index (χ2v) is 6.52. The third kappa shape index (κ3) is 4.24. The van der Waals surface area contributed by atoms with Gasteiger partial charge in [-0.05, 0) is 71.5 Å². The van der Waals surface area contributed by atoms with Gasteiger partial charge >= 0.3 is 0 Å². The van der Waals surface area contributed by atoms with E-state index in [2.05, 4.69) is 24.1 Å². The van der Waals surface area contributed by atoms with Gasteiger partial charge in [-0.15, -0.1) is 0 Å². The van der Waals surface area contributed by atoms with E-state index in [4.69, 9.17) is 0 Å². The summed E-state index contributed by atoms with van der Waals surface area (Å²) in [6.07, 6.45) is 11.4. The zero-order valence-corrected chi connectivity index (χ0v) is 12.5. The molecule has 1 saturated carbocycles. The van der Waals surface area contributed by atoms with E-state index in [-0.39, 0.29) is 0 Å². The molecule has 2 aliphatic rings. The molecule has 2 heteroatoms. The van der Waals surface area contributed by atoms with Crippen molar-refractivity contribution >= 4 is 0 Å². The normalized spacial score (nSPS) is 28.7. The Hall–Kier alpha value is -0.0800. The minimum Gasteiger partial charge on any atom is -0.314 e. The van der Waals surface area contributed by atoms with Crippen molar-refractivity contribution in [3.05, 3.63) is 0 Å². The zero-order valence-electron chi connectivity index (χ0n) is 12.5. The van der Waals surface area contributed by atoms with Crippen LogP contribution in [0.1, 0.15) is 65.2 Å². The molecule has 0 aromatic heterocycles. The molecule has 1 aliphatic carbocycles. The van der Waals surface area contributed by atoms with Crippen LogP contribution >= 0.6 is 0 Å². The molecule has 18 heavy (non-hydrogen) atoms. The van der Waals surface area contributed by atoms with Gasteiger partial charge in [0.05, 0.1) is 0 Å². The maximum atomic E-state index is 3.75. The summed E-state index contributed by atoms with van der Waals surface area (Å²) in [7, 11) is 0. The van der Waals surface area contributed by atoms with Gasteiger partial charge in [0.1, 0.15) is 0 Å². The Morgan fingerprint density at radius 2 is 1.83 bits per heavy atom. The first kappa shape index (κ1) is 14.3. The zero-order chi connectivity index (χ0) is 12.8. The van der Waals surface area contributed by atoms with E-state index < -0.39 is 0 Å². The van der Waals surface area contributed by atoms with E-state index in [1.54, 1.807) is 0 Å². The fourth-order valence-corrected chi connectivity index (χ4v) is 3.73. The lowest BCUT2D eigenvalue weighted by molar-refractivity contribution is 0.158. The van der Waals surface area contributed by atoms with Gasteiger partial charge in [-0.3, -0.25) is 0 Å². The molecule has 2 nitrogen and oxygen atoms in total. The molecule has 2 unspecified atom stereocenters. The summed E-state index contributed by atoms with van der Waals surface area (Å²) >= 11 is 0. The first-order valence-electron chi connectivity index (χ1n) is 8.25. The van der Waals surface area contributed by atoms with Gasteiger partial charge in [-0.2, -0.15) is 0 Å². The predicted molar refractivity (Wildman–Crippen MR) is 78.9 cm³/mol. The van der Waals surface area contributed by atoms with Crippen LogP contribution in [-0.2, 0) is 0 Å². The third-order valence-electron chi connectivity index (χ3n) is 5.14. The van der Waals surface area contributed by atoms with Crippen LogP contribution in [0.5, 0.6) is 0 Å². The van der Waals surface area contributed by atoms with Crippen molar-refractivity contribution in [1.82, 2.24) is 10.2 Å². The summed E-state index contributed by atoms with van der Waals surface area (Å²) in [5.74, 6) is 0.957. The first-order valence-corrected chi connectivity index (χ1v) is 8.25. The second kappa shape index (κ2) is 7.49. The molecule has 0 aromatic carbocycles. The van der Waals surface area contributed by atoms with Crippen molar-refractivity contribution in [2.75, 3.05) is 19.6 Å². The van der Waals surface area contributed by atoms with Crippen molar-refractivity contribution in [3.63, 3.8) is 0 Å². The van der Waals surface area contributed by atoms with Crippen molar-refractivity contribution in [2.24, 2.45) is 5.92 Å². The van der Waals surface area contributed by atoms with Crippen molar-refractivity contribution in [2.45, 2.75) is 77.3 Å². The molecule has 2 fully saturated rings. The highest BCUT2D eigenvalue weighted by Gasteiger charge is 2.21. The summed E-state index contributed by atoms with van der Waals surface area (Å²) < 4.78 is 0. The van der Waals surface area contributed by atoms with Crippen molar-refractivity contribution in [3.8, 4) is 0 Å². The standard InChI is InChI=1S/C16H32N2/c1-14-8-5-6-12-18(14)13-7-11-17-15(2)16-9-3-4-10-16/h14-17H,3-13H2,1-2H3. The number of nitrogens with zero attached hydrogens (tertiary/aromatic N) is 1. The van der Waals surface area contributed by atoms with Crippen LogP contribution in [0, 0.1) is 5.92 Å². The quantitative estimate of drug-likeness (QED) is 0.729. The van der Waals surface area contributed by atoms with Crippen LogP contribution in [0.4, 0.5) is 0 Å². The highest BCUT2D eigenvalue weighted by atomic mass is 15.2. The average Bonchev–Trinajstić information content (AvgIpc) is 2.90. The van der Waals surface area contributed by atoms with Crippen LogP contribution < -0.4 is 5.32 Å². The lowest BCUT2D eigenvalue weighted by atomic mass is 10.00.